The van der Waals surface area contributed by atoms with E-state index in [-0.39, 0.29) is 5.91 Å². The quantitative estimate of drug-likeness (QED) is 0.245. The number of hydrogen-bond acceptors (Lipinski definition) is 3. The molecule has 2 rings (SSSR count). The highest BCUT2D eigenvalue weighted by molar-refractivity contribution is 7.71. The average molecular weight is 416 g/mol. The van der Waals surface area contributed by atoms with E-state index in [0.29, 0.717) is 16.7 Å². The third kappa shape index (κ3) is 9.07. The van der Waals surface area contributed by atoms with Gasteiger partial charge in [-0.15, -0.1) is 0 Å². The number of rotatable bonds is 15. The van der Waals surface area contributed by atoms with Gasteiger partial charge < -0.3 is 0 Å². The number of carbonyl (C=O) groups is 1. The summed E-state index contributed by atoms with van der Waals surface area (Å²) in [7, 11) is 0. The van der Waals surface area contributed by atoms with Crippen molar-refractivity contribution in [3.63, 3.8) is 0 Å². The summed E-state index contributed by atoms with van der Waals surface area (Å²) in [5.41, 5.74) is 3.60. The molecule has 2 aromatic heterocycles. The smallest absolute Gasteiger partial charge is 0.238 e. The molecule has 0 aromatic carbocycles. The Hall–Kier alpha value is -1.75. The van der Waals surface area contributed by atoms with Crippen LogP contribution in [0.3, 0.4) is 0 Å². The van der Waals surface area contributed by atoms with Crippen LogP contribution in [-0.4, -0.2) is 15.6 Å². The van der Waals surface area contributed by atoms with Crippen LogP contribution < -0.4 is 5.43 Å². The van der Waals surface area contributed by atoms with Crippen molar-refractivity contribution in [2.45, 2.75) is 96.8 Å². The third-order valence-corrected chi connectivity index (χ3v) is 5.72. The Labute approximate surface area is 181 Å². The Balaban J connectivity index is 1.53. The van der Waals surface area contributed by atoms with Gasteiger partial charge in [0, 0.05) is 18.0 Å². The number of nitrogens with one attached hydrogen (secondary N) is 1. The summed E-state index contributed by atoms with van der Waals surface area (Å²) in [5.74, 6) is 0.00215. The number of fused-ring (bicyclic) bond motifs is 1. The van der Waals surface area contributed by atoms with E-state index >= 15 is 0 Å². The zero-order valence-corrected chi connectivity index (χ0v) is 18.8. The second-order valence-electron chi connectivity index (χ2n) is 7.95. The van der Waals surface area contributed by atoms with Crippen molar-refractivity contribution in [2.24, 2.45) is 0 Å². The standard InChI is InChI=1S/C24H37N3OS/c1-2-3-4-5-6-7-8-9-10-11-12-13-14-17-22(28)26-27-23(29)19-18-21-16-15-20-25-24(21)27/h15-16,18-20H,2-14,17H2,1H3,(H,26,28). The van der Waals surface area contributed by atoms with E-state index in [4.69, 9.17) is 12.2 Å². The second kappa shape index (κ2) is 14.3. The molecule has 29 heavy (non-hydrogen) atoms. The Morgan fingerprint density at radius 2 is 1.48 bits per heavy atom. The lowest BCUT2D eigenvalue weighted by Crippen LogP contribution is -2.24. The maximum absolute atomic E-state index is 12.3. The molecule has 2 aromatic rings. The summed E-state index contributed by atoms with van der Waals surface area (Å²) in [6, 6.07) is 7.60. The van der Waals surface area contributed by atoms with E-state index in [1.807, 2.05) is 24.3 Å². The molecule has 1 amide bonds. The first-order valence-corrected chi connectivity index (χ1v) is 11.9. The molecule has 0 aliphatic heterocycles. The van der Waals surface area contributed by atoms with Gasteiger partial charge in [0.05, 0.1) is 0 Å². The van der Waals surface area contributed by atoms with E-state index in [2.05, 4.69) is 17.3 Å². The lowest BCUT2D eigenvalue weighted by molar-refractivity contribution is -0.117. The minimum absolute atomic E-state index is 0.00215. The van der Waals surface area contributed by atoms with Crippen molar-refractivity contribution in [1.29, 1.82) is 0 Å². The highest BCUT2D eigenvalue weighted by atomic mass is 32.1. The predicted molar refractivity (Wildman–Crippen MR) is 125 cm³/mol. The van der Waals surface area contributed by atoms with Crippen molar-refractivity contribution in [3.8, 4) is 0 Å². The topological polar surface area (TPSA) is 46.9 Å². The number of aromatic nitrogens is 2. The number of unbranched alkanes of at least 4 members (excludes halogenated alkanes) is 12. The van der Waals surface area contributed by atoms with Crippen molar-refractivity contribution >= 4 is 29.2 Å². The molecule has 0 bridgehead atoms. The first-order chi connectivity index (χ1) is 14.2. The molecule has 2 heterocycles. The molecule has 0 saturated carbocycles. The van der Waals surface area contributed by atoms with Crippen LogP contribution in [-0.2, 0) is 4.79 Å². The molecule has 1 N–H and O–H groups in total. The van der Waals surface area contributed by atoms with Crippen LogP contribution in [0.4, 0.5) is 0 Å². The first kappa shape index (κ1) is 23.5. The maximum atomic E-state index is 12.3. The summed E-state index contributed by atoms with van der Waals surface area (Å²) in [5, 5.41) is 0.961. The molecule has 160 valence electrons. The maximum Gasteiger partial charge on any atom is 0.238 e. The summed E-state index contributed by atoms with van der Waals surface area (Å²) in [6.07, 6.45) is 19.2. The number of carbonyl (C=O) groups excluding carboxylic acids is 1. The highest BCUT2D eigenvalue weighted by Gasteiger charge is 2.06. The van der Waals surface area contributed by atoms with Crippen LogP contribution in [0.25, 0.3) is 11.0 Å². The van der Waals surface area contributed by atoms with Gasteiger partial charge in [-0.05, 0) is 30.7 Å². The van der Waals surface area contributed by atoms with E-state index < -0.39 is 0 Å². The van der Waals surface area contributed by atoms with Crippen LogP contribution >= 0.6 is 12.2 Å². The number of pyridine rings is 2. The number of amides is 1. The zero-order valence-electron chi connectivity index (χ0n) is 18.0. The Morgan fingerprint density at radius 1 is 0.897 bits per heavy atom. The van der Waals surface area contributed by atoms with Gasteiger partial charge >= 0.3 is 0 Å². The Morgan fingerprint density at radius 3 is 2.10 bits per heavy atom. The van der Waals surface area contributed by atoms with Crippen LogP contribution in [0.15, 0.2) is 30.5 Å². The normalized spacial score (nSPS) is 11.1. The van der Waals surface area contributed by atoms with Gasteiger partial charge in [-0.25, -0.2) is 9.66 Å². The molecule has 0 unspecified atom stereocenters. The van der Waals surface area contributed by atoms with E-state index in [1.54, 1.807) is 10.9 Å². The highest BCUT2D eigenvalue weighted by Crippen LogP contribution is 2.14. The molecule has 0 saturated heterocycles. The third-order valence-electron chi connectivity index (χ3n) is 5.40. The van der Waals surface area contributed by atoms with Gasteiger partial charge in [-0.1, -0.05) is 96.2 Å². The van der Waals surface area contributed by atoms with Gasteiger partial charge in [-0.2, -0.15) is 0 Å². The average Bonchev–Trinajstić information content (AvgIpc) is 2.73. The fourth-order valence-electron chi connectivity index (χ4n) is 3.66. The summed E-state index contributed by atoms with van der Waals surface area (Å²) >= 11 is 5.35. The largest absolute Gasteiger partial charge is 0.273 e. The van der Waals surface area contributed by atoms with Crippen LogP contribution in [0.1, 0.15) is 96.8 Å². The van der Waals surface area contributed by atoms with Gasteiger partial charge in [-0.3, -0.25) is 10.2 Å². The van der Waals surface area contributed by atoms with Crippen LogP contribution in [0, 0.1) is 4.64 Å². The van der Waals surface area contributed by atoms with Gasteiger partial charge in [0.25, 0.3) is 0 Å². The van der Waals surface area contributed by atoms with E-state index in [1.165, 1.54) is 70.6 Å². The summed E-state index contributed by atoms with van der Waals surface area (Å²) in [6.45, 7) is 2.27. The summed E-state index contributed by atoms with van der Waals surface area (Å²) < 4.78 is 2.19. The van der Waals surface area contributed by atoms with E-state index in [0.717, 1.165) is 18.2 Å². The van der Waals surface area contributed by atoms with Crippen molar-refractivity contribution in [3.05, 3.63) is 35.1 Å². The van der Waals surface area contributed by atoms with Crippen molar-refractivity contribution in [2.75, 3.05) is 5.43 Å². The molecule has 0 aliphatic carbocycles. The molecular weight excluding hydrogens is 378 g/mol. The first-order valence-electron chi connectivity index (χ1n) is 11.5. The second-order valence-corrected chi connectivity index (χ2v) is 8.37. The minimum atomic E-state index is 0.00215. The SMILES string of the molecule is CCCCCCCCCCCCCCCC(=O)Nn1c(=S)ccc2cccnc21. The lowest BCUT2D eigenvalue weighted by atomic mass is 10.0. The molecule has 5 heteroatoms. The zero-order chi connectivity index (χ0) is 20.7. The lowest BCUT2D eigenvalue weighted by Gasteiger charge is -2.11. The number of nitrogens with zero attached hydrogens (tertiary/aromatic N) is 2. The van der Waals surface area contributed by atoms with Crippen LogP contribution in [0.2, 0.25) is 0 Å². The molecule has 4 nitrogen and oxygen atoms in total. The minimum Gasteiger partial charge on any atom is -0.273 e. The van der Waals surface area contributed by atoms with Crippen molar-refractivity contribution in [1.82, 2.24) is 9.66 Å². The predicted octanol–water partition coefficient (Wildman–Crippen LogP) is 7.32. The molecule has 0 fully saturated rings. The van der Waals surface area contributed by atoms with Gasteiger partial charge in [0.1, 0.15) is 4.64 Å². The molecule has 0 aliphatic rings. The molecule has 0 atom stereocenters. The fraction of sp³-hybridized carbons (Fsp3) is 0.625. The van der Waals surface area contributed by atoms with Crippen LogP contribution in [0.5, 0.6) is 0 Å². The van der Waals surface area contributed by atoms with Crippen molar-refractivity contribution < 1.29 is 4.79 Å². The molecule has 0 radical (unpaired) electrons. The molecular formula is C24H37N3OS. The Bertz CT molecular complexity index is 787. The number of hydrogen-bond donors (Lipinski definition) is 1. The monoisotopic (exact) mass is 415 g/mol. The fourth-order valence-corrected chi connectivity index (χ4v) is 3.86. The van der Waals surface area contributed by atoms with E-state index in [9.17, 15) is 4.79 Å². The Kier molecular flexibility index (Phi) is 11.6. The molecule has 0 spiro atoms. The van der Waals surface area contributed by atoms with Gasteiger partial charge in [0.2, 0.25) is 5.91 Å². The summed E-state index contributed by atoms with van der Waals surface area (Å²) in [4.78, 5) is 16.7. The van der Waals surface area contributed by atoms with Gasteiger partial charge in [0.15, 0.2) is 5.65 Å².